The largest absolute Gasteiger partial charge is 0.393 e. The van der Waals surface area contributed by atoms with Crippen LogP contribution in [0.25, 0.3) is 10.9 Å². The lowest BCUT2D eigenvalue weighted by Gasteiger charge is -2.49. The zero-order chi connectivity index (χ0) is 21.7. The number of para-hydroxylation sites is 1. The minimum absolute atomic E-state index is 0.196. The van der Waals surface area contributed by atoms with Gasteiger partial charge in [0.2, 0.25) is 0 Å². The number of H-pyrrole nitrogens is 1. The van der Waals surface area contributed by atoms with Crippen LogP contribution in [0.2, 0.25) is 10.0 Å². The predicted octanol–water partition coefficient (Wildman–Crippen LogP) is 5.28. The fraction of sp³-hybridized carbons (Fsp3) is 0.440. The molecule has 0 bridgehead atoms. The summed E-state index contributed by atoms with van der Waals surface area (Å²) < 4.78 is 0. The van der Waals surface area contributed by atoms with Gasteiger partial charge in [0.1, 0.15) is 0 Å². The van der Waals surface area contributed by atoms with Crippen molar-refractivity contribution < 1.29 is 5.11 Å². The zero-order valence-corrected chi connectivity index (χ0v) is 19.5. The Morgan fingerprint density at radius 2 is 1.94 bits per heavy atom. The summed E-state index contributed by atoms with van der Waals surface area (Å²) in [5.41, 5.74) is 5.16. The number of aromatic amines is 1. The van der Waals surface area contributed by atoms with E-state index in [0.29, 0.717) is 16.1 Å². The third-order valence-electron chi connectivity index (χ3n) is 7.21. The van der Waals surface area contributed by atoms with E-state index in [2.05, 4.69) is 46.1 Å². The number of rotatable bonds is 4. The Labute approximate surface area is 193 Å². The van der Waals surface area contributed by atoms with E-state index < -0.39 is 0 Å². The van der Waals surface area contributed by atoms with E-state index in [0.717, 1.165) is 38.0 Å². The number of halogens is 2. The minimum atomic E-state index is -0.361. The summed E-state index contributed by atoms with van der Waals surface area (Å²) >= 11 is 12.5. The highest BCUT2D eigenvalue weighted by atomic mass is 35.5. The lowest BCUT2D eigenvalue weighted by molar-refractivity contribution is -0.0315. The number of aliphatic hydroxyl groups is 1. The van der Waals surface area contributed by atoms with E-state index in [1.807, 2.05) is 19.1 Å². The SMILES string of the molecule is C[C@H](O)[C@@H]1CN2CCc3c([nH]c4ccccc34)[C@@H]2C[C@@H]1N(C)Cc1cc(Cl)cc(Cl)c1. The van der Waals surface area contributed by atoms with Crippen molar-refractivity contribution in [2.75, 3.05) is 20.1 Å². The predicted molar refractivity (Wildman–Crippen MR) is 128 cm³/mol. The van der Waals surface area contributed by atoms with Crippen LogP contribution in [0.15, 0.2) is 42.5 Å². The first-order valence-corrected chi connectivity index (χ1v) is 11.8. The molecule has 0 unspecified atom stereocenters. The van der Waals surface area contributed by atoms with Crippen molar-refractivity contribution in [1.82, 2.24) is 14.8 Å². The standard InChI is InChI=1S/C25H29Cl2N3O/c1-15(31)21-14-30-8-7-20-19-5-3-4-6-22(19)28-25(20)24(30)12-23(21)29(2)13-16-9-17(26)11-18(27)10-16/h3-6,9-11,15,21,23-24,28,31H,7-8,12-14H2,1-2H3/t15-,21-,23-,24-/m0/s1. The van der Waals surface area contributed by atoms with E-state index in [1.165, 1.54) is 22.2 Å². The fourth-order valence-corrected chi connectivity index (χ4v) is 6.31. The molecule has 0 radical (unpaired) electrons. The fourth-order valence-electron chi connectivity index (χ4n) is 5.74. The average Bonchev–Trinajstić information content (AvgIpc) is 3.11. The second kappa shape index (κ2) is 8.42. The molecule has 0 spiro atoms. The molecule has 1 fully saturated rings. The maximum atomic E-state index is 10.6. The molecular formula is C25H29Cl2N3O. The molecule has 2 aromatic carbocycles. The first kappa shape index (κ1) is 21.3. The molecule has 0 amide bonds. The summed E-state index contributed by atoms with van der Waals surface area (Å²) in [7, 11) is 2.15. The molecule has 3 aromatic rings. The van der Waals surface area contributed by atoms with Gasteiger partial charge in [-0.1, -0.05) is 41.4 Å². The molecule has 164 valence electrons. The minimum Gasteiger partial charge on any atom is -0.393 e. The zero-order valence-electron chi connectivity index (χ0n) is 18.0. The molecule has 1 saturated heterocycles. The third-order valence-corrected chi connectivity index (χ3v) is 7.65. The van der Waals surface area contributed by atoms with Gasteiger partial charge < -0.3 is 10.1 Å². The van der Waals surface area contributed by atoms with Crippen molar-refractivity contribution in [3.05, 3.63) is 69.3 Å². The second-order valence-corrected chi connectivity index (χ2v) is 10.1. The molecule has 2 N–H and O–H groups in total. The monoisotopic (exact) mass is 457 g/mol. The van der Waals surface area contributed by atoms with Gasteiger partial charge in [0.15, 0.2) is 0 Å². The molecule has 4 atom stereocenters. The van der Waals surface area contributed by atoms with Crippen molar-refractivity contribution in [3.8, 4) is 0 Å². The number of aliphatic hydroxyl groups excluding tert-OH is 1. The van der Waals surface area contributed by atoms with Gasteiger partial charge in [-0.2, -0.15) is 0 Å². The van der Waals surface area contributed by atoms with Crippen LogP contribution in [0.5, 0.6) is 0 Å². The topological polar surface area (TPSA) is 42.5 Å². The smallest absolute Gasteiger partial charge is 0.0567 e. The van der Waals surface area contributed by atoms with Crippen LogP contribution >= 0.6 is 23.2 Å². The third kappa shape index (κ3) is 4.01. The van der Waals surface area contributed by atoms with E-state index in [-0.39, 0.29) is 18.1 Å². The number of hydrogen-bond donors (Lipinski definition) is 2. The number of piperidine rings is 1. The Morgan fingerprint density at radius 3 is 2.68 bits per heavy atom. The van der Waals surface area contributed by atoms with Crippen LogP contribution in [0, 0.1) is 5.92 Å². The molecule has 0 saturated carbocycles. The van der Waals surface area contributed by atoms with Crippen LogP contribution in [0.3, 0.4) is 0 Å². The van der Waals surface area contributed by atoms with Crippen LogP contribution in [-0.2, 0) is 13.0 Å². The summed E-state index contributed by atoms with van der Waals surface area (Å²) in [6.07, 6.45) is 1.69. The number of nitrogens with zero attached hydrogens (tertiary/aromatic N) is 2. The molecule has 0 aliphatic carbocycles. The Bertz CT molecular complexity index is 1080. The van der Waals surface area contributed by atoms with Crippen molar-refractivity contribution in [2.45, 2.75) is 44.5 Å². The van der Waals surface area contributed by atoms with Crippen molar-refractivity contribution in [3.63, 3.8) is 0 Å². The number of aromatic nitrogens is 1. The highest BCUT2D eigenvalue weighted by Gasteiger charge is 2.43. The van der Waals surface area contributed by atoms with Gasteiger partial charge in [-0.3, -0.25) is 9.80 Å². The van der Waals surface area contributed by atoms with Gasteiger partial charge in [0.25, 0.3) is 0 Å². The first-order valence-electron chi connectivity index (χ1n) is 11.1. The molecule has 4 nitrogen and oxygen atoms in total. The highest BCUT2D eigenvalue weighted by molar-refractivity contribution is 6.34. The average molecular weight is 458 g/mol. The number of fused-ring (bicyclic) bond motifs is 5. The van der Waals surface area contributed by atoms with E-state index in [4.69, 9.17) is 23.2 Å². The molecule has 2 aliphatic rings. The highest BCUT2D eigenvalue weighted by Crippen LogP contribution is 2.42. The quantitative estimate of drug-likeness (QED) is 0.560. The summed E-state index contributed by atoms with van der Waals surface area (Å²) in [5, 5.41) is 13.3. The van der Waals surface area contributed by atoms with Crippen LogP contribution in [0.1, 0.15) is 36.2 Å². The van der Waals surface area contributed by atoms with Gasteiger partial charge in [0.05, 0.1) is 12.1 Å². The van der Waals surface area contributed by atoms with Crippen LogP contribution < -0.4 is 0 Å². The lowest BCUT2D eigenvalue weighted by atomic mass is 9.80. The maximum Gasteiger partial charge on any atom is 0.0567 e. The summed E-state index contributed by atoms with van der Waals surface area (Å²) in [6.45, 7) is 4.63. The van der Waals surface area contributed by atoms with Gasteiger partial charge in [-0.15, -0.1) is 0 Å². The van der Waals surface area contributed by atoms with E-state index in [9.17, 15) is 5.11 Å². The number of nitrogens with one attached hydrogen (secondary N) is 1. The van der Waals surface area contributed by atoms with E-state index >= 15 is 0 Å². The molecule has 3 heterocycles. The second-order valence-electron chi connectivity index (χ2n) is 9.22. The van der Waals surface area contributed by atoms with Gasteiger partial charge in [0, 0.05) is 58.2 Å². The van der Waals surface area contributed by atoms with Crippen LogP contribution in [-0.4, -0.2) is 52.2 Å². The van der Waals surface area contributed by atoms with Gasteiger partial charge >= 0.3 is 0 Å². The number of benzene rings is 2. The summed E-state index contributed by atoms with van der Waals surface area (Å²) in [5.74, 6) is 0.196. The molecule has 1 aromatic heterocycles. The Kier molecular flexibility index (Phi) is 5.78. The molecule has 6 heteroatoms. The van der Waals surface area contributed by atoms with Crippen molar-refractivity contribution >= 4 is 34.1 Å². The normalized spacial score (nSPS) is 24.9. The van der Waals surface area contributed by atoms with Crippen LogP contribution in [0.4, 0.5) is 0 Å². The molecule has 5 rings (SSSR count). The number of hydrogen-bond acceptors (Lipinski definition) is 3. The first-order chi connectivity index (χ1) is 14.9. The molecule has 31 heavy (non-hydrogen) atoms. The lowest BCUT2D eigenvalue weighted by Crippen LogP contribution is -2.55. The van der Waals surface area contributed by atoms with Crippen molar-refractivity contribution in [1.29, 1.82) is 0 Å². The Hall–Kier alpha value is -1.56. The Balaban J connectivity index is 1.45. The molecule has 2 aliphatic heterocycles. The van der Waals surface area contributed by atoms with Gasteiger partial charge in [-0.25, -0.2) is 0 Å². The van der Waals surface area contributed by atoms with Crippen molar-refractivity contribution in [2.24, 2.45) is 5.92 Å². The Morgan fingerprint density at radius 1 is 1.19 bits per heavy atom. The van der Waals surface area contributed by atoms with Gasteiger partial charge in [-0.05, 0) is 62.2 Å². The maximum absolute atomic E-state index is 10.6. The summed E-state index contributed by atoms with van der Waals surface area (Å²) in [6, 6.07) is 15.0. The van der Waals surface area contributed by atoms with E-state index in [1.54, 1.807) is 6.07 Å². The molecular weight excluding hydrogens is 429 g/mol. The summed E-state index contributed by atoms with van der Waals surface area (Å²) in [4.78, 5) is 8.66.